The van der Waals surface area contributed by atoms with Gasteiger partial charge >= 0.3 is 5.97 Å². The SMILES string of the molecule is CCOC(=O)C1=C(N)OC2=C(C(=O)CCC2)[C@H]1c1ccccc1. The number of rotatable bonds is 3. The molecule has 1 aliphatic carbocycles. The van der Waals surface area contributed by atoms with Gasteiger partial charge in [-0.05, 0) is 18.9 Å². The Balaban J connectivity index is 2.15. The second kappa shape index (κ2) is 6.28. The van der Waals surface area contributed by atoms with Crippen molar-refractivity contribution in [3.63, 3.8) is 0 Å². The Morgan fingerprint density at radius 2 is 2.04 bits per heavy atom. The van der Waals surface area contributed by atoms with E-state index in [1.165, 1.54) is 0 Å². The Labute approximate surface area is 134 Å². The van der Waals surface area contributed by atoms with Crippen LogP contribution in [0.25, 0.3) is 0 Å². The van der Waals surface area contributed by atoms with Gasteiger partial charge in [-0.2, -0.15) is 0 Å². The number of carbonyl (C=O) groups excluding carboxylic acids is 2. The normalized spacial score (nSPS) is 20.9. The van der Waals surface area contributed by atoms with Crippen molar-refractivity contribution in [2.75, 3.05) is 6.61 Å². The summed E-state index contributed by atoms with van der Waals surface area (Å²) >= 11 is 0. The van der Waals surface area contributed by atoms with Crippen LogP contribution in [0.4, 0.5) is 0 Å². The third-order valence-corrected chi connectivity index (χ3v) is 4.11. The predicted octanol–water partition coefficient (Wildman–Crippen LogP) is 2.54. The Morgan fingerprint density at radius 3 is 2.74 bits per heavy atom. The maximum Gasteiger partial charge on any atom is 0.340 e. The quantitative estimate of drug-likeness (QED) is 0.868. The van der Waals surface area contributed by atoms with Crippen LogP contribution in [0.3, 0.4) is 0 Å². The number of carbonyl (C=O) groups is 2. The van der Waals surface area contributed by atoms with Gasteiger partial charge in [0.15, 0.2) is 5.78 Å². The standard InChI is InChI=1S/C18H19NO4/c1-2-22-18(21)16-14(11-7-4-3-5-8-11)15-12(20)9-6-10-13(15)23-17(16)19/h3-5,7-8,14H,2,6,9-10,19H2,1H3/t14-/m1/s1. The summed E-state index contributed by atoms with van der Waals surface area (Å²) in [6, 6.07) is 9.40. The Hall–Kier alpha value is -2.56. The van der Waals surface area contributed by atoms with E-state index < -0.39 is 11.9 Å². The molecule has 5 nitrogen and oxygen atoms in total. The summed E-state index contributed by atoms with van der Waals surface area (Å²) < 4.78 is 10.7. The van der Waals surface area contributed by atoms with E-state index in [2.05, 4.69) is 0 Å². The molecular weight excluding hydrogens is 294 g/mol. The summed E-state index contributed by atoms with van der Waals surface area (Å²) in [6.45, 7) is 1.96. The van der Waals surface area contributed by atoms with E-state index in [9.17, 15) is 9.59 Å². The predicted molar refractivity (Wildman–Crippen MR) is 84.0 cm³/mol. The van der Waals surface area contributed by atoms with Crippen LogP contribution in [0.15, 0.2) is 53.1 Å². The molecule has 0 radical (unpaired) electrons. The molecule has 0 saturated carbocycles. The lowest BCUT2D eigenvalue weighted by atomic mass is 9.77. The molecule has 5 heteroatoms. The molecule has 2 aliphatic rings. The zero-order valence-corrected chi connectivity index (χ0v) is 13.0. The molecule has 0 aromatic heterocycles. The molecule has 0 unspecified atom stereocenters. The van der Waals surface area contributed by atoms with Gasteiger partial charge in [0.05, 0.1) is 12.5 Å². The average molecular weight is 313 g/mol. The van der Waals surface area contributed by atoms with Gasteiger partial charge < -0.3 is 15.2 Å². The molecule has 0 amide bonds. The van der Waals surface area contributed by atoms with Gasteiger partial charge in [-0.15, -0.1) is 0 Å². The van der Waals surface area contributed by atoms with Crippen LogP contribution in [-0.4, -0.2) is 18.4 Å². The maximum absolute atomic E-state index is 12.5. The highest BCUT2D eigenvalue weighted by atomic mass is 16.5. The van der Waals surface area contributed by atoms with Gasteiger partial charge in [-0.1, -0.05) is 30.3 Å². The van der Waals surface area contributed by atoms with Gasteiger partial charge in [0.2, 0.25) is 5.88 Å². The largest absolute Gasteiger partial charge is 0.462 e. The Morgan fingerprint density at radius 1 is 1.30 bits per heavy atom. The lowest BCUT2D eigenvalue weighted by Gasteiger charge is -2.32. The lowest BCUT2D eigenvalue weighted by Crippen LogP contribution is -2.31. The summed E-state index contributed by atoms with van der Waals surface area (Å²) in [5.74, 6) is -0.434. The minimum absolute atomic E-state index is 0.00871. The fourth-order valence-electron chi connectivity index (χ4n) is 3.14. The molecule has 1 atom stereocenters. The molecule has 1 aromatic carbocycles. The molecule has 0 bridgehead atoms. The van der Waals surface area contributed by atoms with Crippen molar-refractivity contribution in [2.24, 2.45) is 5.73 Å². The lowest BCUT2D eigenvalue weighted by molar-refractivity contribution is -0.139. The van der Waals surface area contributed by atoms with Crippen molar-refractivity contribution < 1.29 is 19.1 Å². The molecule has 1 aliphatic heterocycles. The van der Waals surface area contributed by atoms with Crippen molar-refractivity contribution in [1.29, 1.82) is 0 Å². The van der Waals surface area contributed by atoms with Crippen LogP contribution in [0.5, 0.6) is 0 Å². The monoisotopic (exact) mass is 313 g/mol. The first-order valence-corrected chi connectivity index (χ1v) is 7.79. The molecule has 23 heavy (non-hydrogen) atoms. The number of ether oxygens (including phenoxy) is 2. The van der Waals surface area contributed by atoms with E-state index in [-0.39, 0.29) is 23.8 Å². The number of allylic oxidation sites excluding steroid dienone is 2. The van der Waals surface area contributed by atoms with Crippen LogP contribution in [0.2, 0.25) is 0 Å². The zero-order valence-electron chi connectivity index (χ0n) is 13.0. The van der Waals surface area contributed by atoms with E-state index >= 15 is 0 Å². The highest BCUT2D eigenvalue weighted by molar-refractivity contribution is 6.03. The van der Waals surface area contributed by atoms with Crippen LogP contribution in [0.1, 0.15) is 37.7 Å². The number of hydrogen-bond donors (Lipinski definition) is 1. The van der Waals surface area contributed by atoms with Gasteiger partial charge in [0.1, 0.15) is 11.3 Å². The molecule has 120 valence electrons. The van der Waals surface area contributed by atoms with E-state index in [4.69, 9.17) is 15.2 Å². The highest BCUT2D eigenvalue weighted by Crippen LogP contribution is 2.43. The second-order valence-electron chi connectivity index (χ2n) is 5.56. The molecule has 1 heterocycles. The summed E-state index contributed by atoms with van der Waals surface area (Å²) in [4.78, 5) is 24.9. The zero-order chi connectivity index (χ0) is 16.4. The molecule has 0 fully saturated rings. The molecule has 0 saturated heterocycles. The fraction of sp³-hybridized carbons (Fsp3) is 0.333. The third kappa shape index (κ3) is 2.74. The van der Waals surface area contributed by atoms with Gasteiger partial charge in [-0.25, -0.2) is 4.79 Å². The average Bonchev–Trinajstić information content (AvgIpc) is 2.54. The van der Waals surface area contributed by atoms with Gasteiger partial charge in [-0.3, -0.25) is 4.79 Å². The highest BCUT2D eigenvalue weighted by Gasteiger charge is 2.40. The minimum atomic E-state index is -0.538. The first-order valence-electron chi connectivity index (χ1n) is 7.79. The van der Waals surface area contributed by atoms with Gasteiger partial charge in [0.25, 0.3) is 0 Å². The molecule has 1 aromatic rings. The number of Topliss-reactive ketones (excluding diaryl/α,β-unsaturated/α-hetero) is 1. The van der Waals surface area contributed by atoms with Crippen molar-refractivity contribution >= 4 is 11.8 Å². The smallest absolute Gasteiger partial charge is 0.340 e. The number of nitrogens with two attached hydrogens (primary N) is 1. The summed E-state index contributed by atoms with van der Waals surface area (Å²) in [5.41, 5.74) is 7.60. The summed E-state index contributed by atoms with van der Waals surface area (Å²) in [7, 11) is 0. The second-order valence-corrected chi connectivity index (χ2v) is 5.56. The van der Waals surface area contributed by atoms with Crippen molar-refractivity contribution in [2.45, 2.75) is 32.1 Å². The van der Waals surface area contributed by atoms with E-state index in [0.717, 1.165) is 12.0 Å². The fourth-order valence-corrected chi connectivity index (χ4v) is 3.14. The van der Waals surface area contributed by atoms with Crippen molar-refractivity contribution in [3.8, 4) is 0 Å². The molecule has 0 spiro atoms. The number of benzene rings is 1. The Kier molecular flexibility index (Phi) is 4.19. The first kappa shape index (κ1) is 15.3. The molecule has 2 N–H and O–H groups in total. The minimum Gasteiger partial charge on any atom is -0.462 e. The number of esters is 1. The number of hydrogen-bond acceptors (Lipinski definition) is 5. The van der Waals surface area contributed by atoms with Crippen molar-refractivity contribution in [1.82, 2.24) is 0 Å². The van der Waals surface area contributed by atoms with E-state index in [1.807, 2.05) is 30.3 Å². The van der Waals surface area contributed by atoms with Crippen LogP contribution < -0.4 is 5.73 Å². The number of ketones is 1. The first-order chi connectivity index (χ1) is 11.1. The Bertz CT molecular complexity index is 703. The van der Waals surface area contributed by atoms with Gasteiger partial charge in [0, 0.05) is 18.4 Å². The van der Waals surface area contributed by atoms with Crippen LogP contribution in [0, 0.1) is 0 Å². The summed E-state index contributed by atoms with van der Waals surface area (Å²) in [6.07, 6.45) is 1.85. The van der Waals surface area contributed by atoms with E-state index in [0.29, 0.717) is 24.2 Å². The van der Waals surface area contributed by atoms with Crippen LogP contribution in [-0.2, 0) is 19.1 Å². The molecule has 3 rings (SSSR count). The van der Waals surface area contributed by atoms with Crippen LogP contribution >= 0.6 is 0 Å². The third-order valence-electron chi connectivity index (χ3n) is 4.11. The topological polar surface area (TPSA) is 78.6 Å². The molecular formula is C18H19NO4. The maximum atomic E-state index is 12.5. The van der Waals surface area contributed by atoms with E-state index in [1.54, 1.807) is 6.92 Å². The van der Waals surface area contributed by atoms with Crippen molar-refractivity contribution in [3.05, 3.63) is 58.7 Å². The summed E-state index contributed by atoms with van der Waals surface area (Å²) in [5, 5.41) is 0.